The van der Waals surface area contributed by atoms with Crippen LogP contribution in [0.25, 0.3) is 0 Å². The van der Waals surface area contributed by atoms with Gasteiger partial charge in [-0.15, -0.1) is 0 Å². The molecule has 0 fully saturated rings. The molecule has 3 N–H and O–H groups in total. The lowest BCUT2D eigenvalue weighted by Gasteiger charge is -2.07. The normalized spacial score (nSPS) is 10.7. The van der Waals surface area contributed by atoms with E-state index in [-0.39, 0.29) is 6.54 Å². The van der Waals surface area contributed by atoms with Crippen LogP contribution in [0.4, 0.5) is 14.5 Å². The Bertz CT molecular complexity index is 682. The topological polar surface area (TPSA) is 72.9 Å². The van der Waals surface area contributed by atoms with Gasteiger partial charge in [-0.05, 0) is 18.6 Å². The molecule has 1 heterocycles. The standard InChI is InChI=1S/C14H16F2N4O/c1-3-12-8(7-20(2)19-12)6-18-14(21)10-4-9(15)5-11(17)13(10)16/h4-5,7H,3,6,17H2,1-2H3,(H,18,21). The van der Waals surface area contributed by atoms with Crippen molar-refractivity contribution in [2.45, 2.75) is 19.9 Å². The van der Waals surface area contributed by atoms with E-state index < -0.39 is 28.8 Å². The van der Waals surface area contributed by atoms with Crippen LogP contribution in [0.5, 0.6) is 0 Å². The number of benzene rings is 1. The average Bonchev–Trinajstić information content (AvgIpc) is 2.80. The highest BCUT2D eigenvalue weighted by Crippen LogP contribution is 2.17. The zero-order valence-electron chi connectivity index (χ0n) is 11.8. The minimum atomic E-state index is -0.921. The van der Waals surface area contributed by atoms with Gasteiger partial charge in [-0.2, -0.15) is 5.10 Å². The number of nitrogens with one attached hydrogen (secondary N) is 1. The number of carbonyl (C=O) groups is 1. The van der Waals surface area contributed by atoms with Crippen LogP contribution in [0.2, 0.25) is 0 Å². The number of halogens is 2. The Balaban J connectivity index is 2.15. The zero-order valence-corrected chi connectivity index (χ0v) is 11.8. The number of hydrogen-bond acceptors (Lipinski definition) is 3. The lowest BCUT2D eigenvalue weighted by atomic mass is 10.1. The molecule has 5 nitrogen and oxygen atoms in total. The summed E-state index contributed by atoms with van der Waals surface area (Å²) in [6.07, 6.45) is 2.49. The number of nitrogen functional groups attached to an aromatic ring is 1. The largest absolute Gasteiger partial charge is 0.396 e. The highest BCUT2D eigenvalue weighted by Gasteiger charge is 2.16. The van der Waals surface area contributed by atoms with E-state index in [9.17, 15) is 13.6 Å². The Morgan fingerprint density at radius 1 is 1.43 bits per heavy atom. The first kappa shape index (κ1) is 15.0. The summed E-state index contributed by atoms with van der Waals surface area (Å²) in [6.45, 7) is 2.13. The molecule has 0 aliphatic rings. The molecule has 1 aromatic heterocycles. The van der Waals surface area contributed by atoms with Crippen molar-refractivity contribution in [2.75, 3.05) is 5.73 Å². The smallest absolute Gasteiger partial charge is 0.254 e. The molecular weight excluding hydrogens is 278 g/mol. The third-order valence-corrected chi connectivity index (χ3v) is 3.08. The van der Waals surface area contributed by atoms with E-state index in [1.807, 2.05) is 6.92 Å². The minimum absolute atomic E-state index is 0.186. The zero-order chi connectivity index (χ0) is 15.6. The fourth-order valence-electron chi connectivity index (χ4n) is 2.08. The van der Waals surface area contributed by atoms with Crippen LogP contribution >= 0.6 is 0 Å². The van der Waals surface area contributed by atoms with Crippen molar-refractivity contribution in [1.82, 2.24) is 15.1 Å². The number of amides is 1. The molecule has 21 heavy (non-hydrogen) atoms. The molecule has 0 aliphatic heterocycles. The number of aromatic nitrogens is 2. The minimum Gasteiger partial charge on any atom is -0.396 e. The predicted molar refractivity (Wildman–Crippen MR) is 74.5 cm³/mol. The van der Waals surface area contributed by atoms with Gasteiger partial charge < -0.3 is 11.1 Å². The fraction of sp³-hybridized carbons (Fsp3) is 0.286. The van der Waals surface area contributed by atoms with Gasteiger partial charge in [0.15, 0.2) is 5.82 Å². The molecule has 1 amide bonds. The maximum Gasteiger partial charge on any atom is 0.254 e. The van der Waals surface area contributed by atoms with Crippen molar-refractivity contribution in [3.05, 3.63) is 46.8 Å². The molecule has 7 heteroatoms. The first-order valence-corrected chi connectivity index (χ1v) is 6.46. The van der Waals surface area contributed by atoms with Crippen LogP contribution < -0.4 is 11.1 Å². The van der Waals surface area contributed by atoms with E-state index >= 15 is 0 Å². The molecule has 112 valence electrons. The lowest BCUT2D eigenvalue weighted by Crippen LogP contribution is -2.24. The van der Waals surface area contributed by atoms with Crippen molar-refractivity contribution in [3.63, 3.8) is 0 Å². The molecule has 2 rings (SSSR count). The molecule has 2 aromatic rings. The Kier molecular flexibility index (Phi) is 4.21. The second kappa shape index (κ2) is 5.90. The third kappa shape index (κ3) is 3.18. The Hall–Kier alpha value is -2.44. The van der Waals surface area contributed by atoms with Crippen molar-refractivity contribution < 1.29 is 13.6 Å². The van der Waals surface area contributed by atoms with Crippen molar-refractivity contribution in [3.8, 4) is 0 Å². The summed E-state index contributed by atoms with van der Waals surface area (Å²) in [6, 6.07) is 1.66. The van der Waals surface area contributed by atoms with Crippen LogP contribution in [-0.2, 0) is 20.0 Å². The van der Waals surface area contributed by atoms with Crippen LogP contribution in [0.3, 0.4) is 0 Å². The summed E-state index contributed by atoms with van der Waals surface area (Å²) in [5.74, 6) is -2.39. The molecule has 0 spiro atoms. The summed E-state index contributed by atoms with van der Waals surface area (Å²) in [4.78, 5) is 11.9. The van der Waals surface area contributed by atoms with Crippen molar-refractivity contribution in [2.24, 2.45) is 7.05 Å². The van der Waals surface area contributed by atoms with Crippen molar-refractivity contribution >= 4 is 11.6 Å². The second-order valence-electron chi connectivity index (χ2n) is 4.67. The van der Waals surface area contributed by atoms with Crippen LogP contribution in [0, 0.1) is 11.6 Å². The molecular formula is C14H16F2N4O. The first-order valence-electron chi connectivity index (χ1n) is 6.46. The predicted octanol–water partition coefficient (Wildman–Crippen LogP) is 1.77. The van der Waals surface area contributed by atoms with Gasteiger partial charge in [-0.25, -0.2) is 8.78 Å². The summed E-state index contributed by atoms with van der Waals surface area (Å²) in [5.41, 5.74) is 6.18. The molecule has 1 aromatic carbocycles. The summed E-state index contributed by atoms with van der Waals surface area (Å²) in [7, 11) is 1.78. The SMILES string of the molecule is CCc1nn(C)cc1CNC(=O)c1cc(F)cc(N)c1F. The number of rotatable bonds is 4. The van der Waals surface area contributed by atoms with E-state index in [1.165, 1.54) is 0 Å². The number of anilines is 1. The van der Waals surface area contributed by atoms with Gasteiger partial charge in [0.1, 0.15) is 5.82 Å². The Labute approximate surface area is 120 Å². The van der Waals surface area contributed by atoms with Crippen molar-refractivity contribution in [1.29, 1.82) is 0 Å². The Morgan fingerprint density at radius 3 is 2.81 bits per heavy atom. The number of nitrogens with two attached hydrogens (primary N) is 1. The maximum atomic E-state index is 13.7. The van der Waals surface area contributed by atoms with E-state index in [2.05, 4.69) is 10.4 Å². The van der Waals surface area contributed by atoms with E-state index in [0.29, 0.717) is 6.42 Å². The van der Waals surface area contributed by atoms with Crippen LogP contribution in [0.1, 0.15) is 28.5 Å². The van der Waals surface area contributed by atoms with E-state index in [0.717, 1.165) is 23.4 Å². The van der Waals surface area contributed by atoms with Gasteiger partial charge in [0, 0.05) is 25.4 Å². The molecule has 0 atom stereocenters. The lowest BCUT2D eigenvalue weighted by molar-refractivity contribution is 0.0946. The Morgan fingerprint density at radius 2 is 2.14 bits per heavy atom. The monoisotopic (exact) mass is 294 g/mol. The molecule has 0 unspecified atom stereocenters. The van der Waals surface area contributed by atoms with Gasteiger partial charge in [0.05, 0.1) is 16.9 Å². The third-order valence-electron chi connectivity index (χ3n) is 3.08. The number of nitrogens with zero attached hydrogens (tertiary/aromatic N) is 2. The summed E-state index contributed by atoms with van der Waals surface area (Å²) < 4.78 is 28.6. The van der Waals surface area contributed by atoms with E-state index in [1.54, 1.807) is 17.9 Å². The average molecular weight is 294 g/mol. The van der Waals surface area contributed by atoms with Crippen LogP contribution in [0.15, 0.2) is 18.3 Å². The molecule has 0 aliphatic carbocycles. The van der Waals surface area contributed by atoms with Crippen LogP contribution in [-0.4, -0.2) is 15.7 Å². The van der Waals surface area contributed by atoms with Gasteiger partial charge in [-0.1, -0.05) is 6.92 Å². The molecule has 0 radical (unpaired) electrons. The van der Waals surface area contributed by atoms with E-state index in [4.69, 9.17) is 5.73 Å². The molecule has 0 saturated carbocycles. The van der Waals surface area contributed by atoms with Gasteiger partial charge in [0.25, 0.3) is 5.91 Å². The molecule has 0 bridgehead atoms. The highest BCUT2D eigenvalue weighted by molar-refractivity contribution is 5.95. The summed E-state index contributed by atoms with van der Waals surface area (Å²) >= 11 is 0. The maximum absolute atomic E-state index is 13.7. The van der Waals surface area contributed by atoms with Gasteiger partial charge in [-0.3, -0.25) is 9.48 Å². The molecule has 0 saturated heterocycles. The number of hydrogen-bond donors (Lipinski definition) is 2. The first-order chi connectivity index (χ1) is 9.92. The number of aryl methyl sites for hydroxylation is 2. The summed E-state index contributed by atoms with van der Waals surface area (Å²) in [5, 5.41) is 6.78. The quantitative estimate of drug-likeness (QED) is 0.844. The second-order valence-corrected chi connectivity index (χ2v) is 4.67. The van der Waals surface area contributed by atoms with Gasteiger partial charge in [0.2, 0.25) is 0 Å². The van der Waals surface area contributed by atoms with Gasteiger partial charge >= 0.3 is 0 Å². The fourth-order valence-corrected chi connectivity index (χ4v) is 2.08. The highest BCUT2D eigenvalue weighted by atomic mass is 19.1. The number of carbonyl (C=O) groups excluding carboxylic acids is 1.